The van der Waals surface area contributed by atoms with Crippen LogP contribution in [-0.4, -0.2) is 69.9 Å². The van der Waals surface area contributed by atoms with E-state index in [1.165, 1.54) is 27.9 Å². The van der Waals surface area contributed by atoms with Crippen LogP contribution in [0, 0.1) is 11.3 Å². The van der Waals surface area contributed by atoms with Crippen molar-refractivity contribution >= 4 is 29.1 Å². The van der Waals surface area contributed by atoms with Crippen LogP contribution in [-0.2, 0) is 33.3 Å². The number of ether oxygens (including phenoxy) is 5. The van der Waals surface area contributed by atoms with Gasteiger partial charge in [0.05, 0.1) is 7.11 Å². The van der Waals surface area contributed by atoms with Gasteiger partial charge < -0.3 is 28.7 Å². The third-order valence-corrected chi connectivity index (χ3v) is 4.26. The van der Waals surface area contributed by atoms with Gasteiger partial charge in [-0.05, 0) is 0 Å². The largest absolute Gasteiger partial charge is 0.479 e. The zero-order chi connectivity index (χ0) is 22.7. The number of imidazole rings is 1. The second kappa shape index (κ2) is 8.92. The van der Waals surface area contributed by atoms with Gasteiger partial charge in [-0.3, -0.25) is 14.4 Å². The third kappa shape index (κ3) is 4.69. The van der Waals surface area contributed by atoms with Crippen molar-refractivity contribution in [2.45, 2.75) is 45.2 Å². The van der Waals surface area contributed by atoms with E-state index in [4.69, 9.17) is 28.9 Å². The number of nitrogens with one attached hydrogen (secondary N) is 1. The van der Waals surface area contributed by atoms with E-state index in [0.29, 0.717) is 0 Å². The number of rotatable bonds is 6. The SMILES string of the molecule is COc1nc(C#N)nc2nc(C3O[C@H](COC(C)=O)[C@@H](OC(C)=O)[C@H]3OC(C)=O)[nH]c12. The first-order valence-corrected chi connectivity index (χ1v) is 9.08. The molecule has 2 aromatic rings. The molecule has 31 heavy (non-hydrogen) atoms. The zero-order valence-electron chi connectivity index (χ0n) is 17.1. The Balaban J connectivity index is 2.04. The molecule has 3 heterocycles. The molecule has 1 N–H and O–H groups in total. The smallest absolute Gasteiger partial charge is 0.303 e. The number of nitriles is 1. The molecule has 1 aliphatic rings. The molecule has 1 saturated heterocycles. The van der Waals surface area contributed by atoms with Crippen LogP contribution >= 0.6 is 0 Å². The van der Waals surface area contributed by atoms with E-state index in [9.17, 15) is 14.4 Å². The van der Waals surface area contributed by atoms with Gasteiger partial charge >= 0.3 is 17.9 Å². The number of methoxy groups -OCH3 is 1. The van der Waals surface area contributed by atoms with Gasteiger partial charge in [-0.2, -0.15) is 15.2 Å². The minimum Gasteiger partial charge on any atom is -0.479 e. The molecular formula is C18H19N5O8. The van der Waals surface area contributed by atoms with Crippen LogP contribution < -0.4 is 4.74 Å². The first kappa shape index (κ1) is 21.9. The summed E-state index contributed by atoms with van der Waals surface area (Å²) in [5.74, 6) is -1.77. The maximum absolute atomic E-state index is 11.7. The van der Waals surface area contributed by atoms with Crippen molar-refractivity contribution in [2.75, 3.05) is 13.7 Å². The summed E-state index contributed by atoms with van der Waals surface area (Å²) in [7, 11) is 1.36. The molecule has 4 atom stereocenters. The minimum atomic E-state index is -1.10. The van der Waals surface area contributed by atoms with Crippen LogP contribution in [0.3, 0.4) is 0 Å². The second-order valence-electron chi connectivity index (χ2n) is 6.53. The molecule has 1 unspecified atom stereocenters. The average molecular weight is 433 g/mol. The van der Waals surface area contributed by atoms with Gasteiger partial charge in [-0.1, -0.05) is 0 Å². The molecule has 1 aliphatic heterocycles. The summed E-state index contributed by atoms with van der Waals surface area (Å²) in [5, 5.41) is 9.09. The lowest BCUT2D eigenvalue weighted by atomic mass is 10.1. The Kier molecular flexibility index (Phi) is 6.30. The Hall–Kier alpha value is -3.79. The predicted molar refractivity (Wildman–Crippen MR) is 98.3 cm³/mol. The molecule has 0 amide bonds. The Morgan fingerprint density at radius 2 is 1.74 bits per heavy atom. The lowest BCUT2D eigenvalue weighted by Crippen LogP contribution is -2.40. The normalized spacial score (nSPS) is 22.5. The summed E-state index contributed by atoms with van der Waals surface area (Å²) in [6, 6.07) is 1.81. The fourth-order valence-electron chi connectivity index (χ4n) is 3.16. The number of fused-ring (bicyclic) bond motifs is 1. The summed E-state index contributed by atoms with van der Waals surface area (Å²) >= 11 is 0. The first-order valence-electron chi connectivity index (χ1n) is 9.08. The molecule has 2 aromatic heterocycles. The second-order valence-corrected chi connectivity index (χ2v) is 6.53. The van der Waals surface area contributed by atoms with E-state index in [1.807, 2.05) is 6.07 Å². The number of H-pyrrole nitrogens is 1. The number of hydrogen-bond acceptors (Lipinski definition) is 12. The highest BCUT2D eigenvalue weighted by Crippen LogP contribution is 2.37. The van der Waals surface area contributed by atoms with Crippen molar-refractivity contribution < 1.29 is 38.1 Å². The van der Waals surface area contributed by atoms with Crippen LogP contribution in [0.1, 0.15) is 38.5 Å². The summed E-state index contributed by atoms with van der Waals surface area (Å²) < 4.78 is 26.7. The van der Waals surface area contributed by atoms with Gasteiger partial charge in [-0.15, -0.1) is 0 Å². The molecule has 164 valence electrons. The zero-order valence-corrected chi connectivity index (χ0v) is 17.1. The van der Waals surface area contributed by atoms with Crippen molar-refractivity contribution in [3.8, 4) is 11.9 Å². The topological polar surface area (TPSA) is 176 Å². The van der Waals surface area contributed by atoms with E-state index in [1.54, 1.807) is 0 Å². The van der Waals surface area contributed by atoms with Crippen LogP contribution in [0.2, 0.25) is 0 Å². The van der Waals surface area contributed by atoms with Crippen LogP contribution in [0.4, 0.5) is 0 Å². The molecule has 0 bridgehead atoms. The fourth-order valence-corrected chi connectivity index (χ4v) is 3.16. The average Bonchev–Trinajstić information content (AvgIpc) is 3.26. The third-order valence-electron chi connectivity index (χ3n) is 4.26. The predicted octanol–water partition coefficient (Wildman–Crippen LogP) is 0.0996. The van der Waals surface area contributed by atoms with Gasteiger partial charge in [0.2, 0.25) is 11.7 Å². The maximum atomic E-state index is 11.7. The Labute approximate surface area is 175 Å². The fraction of sp³-hybridized carbons (Fsp3) is 0.500. The number of nitrogens with zero attached hydrogens (tertiary/aromatic N) is 4. The molecule has 3 rings (SSSR count). The van der Waals surface area contributed by atoms with E-state index in [-0.39, 0.29) is 35.3 Å². The first-order chi connectivity index (χ1) is 14.7. The molecule has 0 aromatic carbocycles. The summed E-state index contributed by atoms with van der Waals surface area (Å²) in [4.78, 5) is 49.8. The summed E-state index contributed by atoms with van der Waals surface area (Å²) in [6.07, 6.45) is -4.13. The number of carbonyl (C=O) groups excluding carboxylic acids is 3. The summed E-state index contributed by atoms with van der Waals surface area (Å²) in [5.41, 5.74) is 0.408. The molecule has 1 fully saturated rings. The van der Waals surface area contributed by atoms with Gasteiger partial charge in [0.25, 0.3) is 0 Å². The van der Waals surface area contributed by atoms with Crippen molar-refractivity contribution in [3.63, 3.8) is 0 Å². The van der Waals surface area contributed by atoms with Gasteiger partial charge in [-0.25, -0.2) is 4.98 Å². The van der Waals surface area contributed by atoms with Crippen LogP contribution in [0.15, 0.2) is 0 Å². The highest BCUT2D eigenvalue weighted by Gasteiger charge is 2.51. The number of aromatic amines is 1. The summed E-state index contributed by atoms with van der Waals surface area (Å²) in [6.45, 7) is 3.34. The number of esters is 3. The standard InChI is InChI=1S/C18H19N5O8/c1-7(24)28-6-10-13(29-8(2)25)14(30-9(3)26)15(31-10)17-22-12-16(23-17)20-11(5-19)21-18(12)27-4/h10,13-15H,6H2,1-4H3,(H,20,21,22,23)/t10-,13-,14-,15?/m1/s1. The molecule has 0 radical (unpaired) electrons. The number of hydrogen-bond donors (Lipinski definition) is 1. The van der Waals surface area contributed by atoms with Gasteiger partial charge in [0.1, 0.15) is 30.1 Å². The Morgan fingerprint density at radius 1 is 1.06 bits per heavy atom. The monoisotopic (exact) mass is 433 g/mol. The number of aromatic nitrogens is 4. The lowest BCUT2D eigenvalue weighted by Gasteiger charge is -2.22. The number of carbonyl (C=O) groups is 3. The Bertz CT molecular complexity index is 1060. The van der Waals surface area contributed by atoms with E-state index in [0.717, 1.165) is 0 Å². The molecule has 0 saturated carbocycles. The van der Waals surface area contributed by atoms with Crippen molar-refractivity contribution in [2.24, 2.45) is 0 Å². The maximum Gasteiger partial charge on any atom is 0.303 e. The minimum absolute atomic E-state index is 0.0790. The van der Waals surface area contributed by atoms with Crippen molar-refractivity contribution in [1.29, 1.82) is 5.26 Å². The quantitative estimate of drug-likeness (QED) is 0.481. The molecule has 13 nitrogen and oxygen atoms in total. The van der Waals surface area contributed by atoms with Gasteiger partial charge in [0.15, 0.2) is 24.0 Å². The molecule has 0 aliphatic carbocycles. The highest BCUT2D eigenvalue weighted by molar-refractivity contribution is 5.76. The Morgan fingerprint density at radius 3 is 2.32 bits per heavy atom. The van der Waals surface area contributed by atoms with Crippen LogP contribution in [0.25, 0.3) is 11.2 Å². The van der Waals surface area contributed by atoms with Gasteiger partial charge in [0, 0.05) is 20.8 Å². The van der Waals surface area contributed by atoms with E-state index in [2.05, 4.69) is 19.9 Å². The highest BCUT2D eigenvalue weighted by atomic mass is 16.6. The van der Waals surface area contributed by atoms with Crippen LogP contribution in [0.5, 0.6) is 5.88 Å². The van der Waals surface area contributed by atoms with Crippen molar-refractivity contribution in [1.82, 2.24) is 19.9 Å². The molecule has 0 spiro atoms. The van der Waals surface area contributed by atoms with E-state index < -0.39 is 42.3 Å². The van der Waals surface area contributed by atoms with E-state index >= 15 is 0 Å². The molecule has 13 heteroatoms. The lowest BCUT2D eigenvalue weighted by molar-refractivity contribution is -0.165. The van der Waals surface area contributed by atoms with Crippen molar-refractivity contribution in [3.05, 3.63) is 11.6 Å². The molecular weight excluding hydrogens is 414 g/mol.